The molecule has 0 aromatic carbocycles. The number of hydrogen-bond donors (Lipinski definition) is 0. The van der Waals surface area contributed by atoms with Gasteiger partial charge in [0.05, 0.1) is 7.11 Å². The molecule has 0 atom stereocenters. The van der Waals surface area contributed by atoms with E-state index < -0.39 is 0 Å². The Morgan fingerprint density at radius 2 is 2.06 bits per heavy atom. The predicted octanol–water partition coefficient (Wildman–Crippen LogP) is 2.23. The van der Waals surface area contributed by atoms with E-state index in [0.717, 1.165) is 28.2 Å². The standard InChI is InChI=1S/C12H14O3S/c1-7-8(12(14)15-2)3-4-10-11(7)9(13)5-6-16-10/h3-6H2,1-2H3. The Hall–Kier alpha value is -1.03. The van der Waals surface area contributed by atoms with Crippen molar-refractivity contribution < 1.29 is 14.3 Å². The van der Waals surface area contributed by atoms with Crippen LogP contribution in [0.25, 0.3) is 0 Å². The number of carbonyl (C=O) groups excluding carboxylic acids is 2. The van der Waals surface area contributed by atoms with Crippen molar-refractivity contribution in [3.8, 4) is 0 Å². The molecule has 0 saturated carbocycles. The molecule has 0 unspecified atom stereocenters. The number of rotatable bonds is 1. The first-order valence-corrected chi connectivity index (χ1v) is 6.31. The highest BCUT2D eigenvalue weighted by Gasteiger charge is 2.29. The average molecular weight is 238 g/mol. The maximum atomic E-state index is 11.8. The molecule has 0 saturated heterocycles. The molecule has 1 aliphatic heterocycles. The van der Waals surface area contributed by atoms with E-state index >= 15 is 0 Å². The quantitative estimate of drug-likeness (QED) is 0.657. The number of ether oxygens (including phenoxy) is 1. The van der Waals surface area contributed by atoms with E-state index in [-0.39, 0.29) is 11.8 Å². The summed E-state index contributed by atoms with van der Waals surface area (Å²) in [5.74, 6) is 0.748. The molecule has 0 bridgehead atoms. The van der Waals surface area contributed by atoms with Gasteiger partial charge in [0.1, 0.15) is 0 Å². The van der Waals surface area contributed by atoms with Gasteiger partial charge in [-0.2, -0.15) is 0 Å². The Kier molecular flexibility index (Phi) is 3.19. The second-order valence-electron chi connectivity index (χ2n) is 3.91. The van der Waals surface area contributed by atoms with Crippen LogP contribution < -0.4 is 0 Å². The molecule has 1 heterocycles. The molecule has 0 radical (unpaired) electrons. The normalized spacial score (nSPS) is 21.0. The lowest BCUT2D eigenvalue weighted by Gasteiger charge is -2.25. The van der Waals surface area contributed by atoms with Crippen molar-refractivity contribution in [2.24, 2.45) is 0 Å². The van der Waals surface area contributed by atoms with Crippen LogP contribution >= 0.6 is 11.8 Å². The van der Waals surface area contributed by atoms with Crippen LogP contribution in [0.1, 0.15) is 26.2 Å². The Morgan fingerprint density at radius 3 is 2.75 bits per heavy atom. The molecule has 1 aliphatic carbocycles. The highest BCUT2D eigenvalue weighted by atomic mass is 32.2. The number of methoxy groups -OCH3 is 1. The number of Topliss-reactive ketones (excluding diaryl/α,β-unsaturated/α-hetero) is 1. The van der Waals surface area contributed by atoms with Gasteiger partial charge in [0, 0.05) is 23.3 Å². The first kappa shape index (κ1) is 11.5. The number of thioether (sulfide) groups is 1. The molecule has 2 aliphatic rings. The van der Waals surface area contributed by atoms with E-state index in [9.17, 15) is 9.59 Å². The van der Waals surface area contributed by atoms with Crippen LogP contribution in [0.4, 0.5) is 0 Å². The summed E-state index contributed by atoms with van der Waals surface area (Å²) in [6.07, 6.45) is 2.07. The van der Waals surface area contributed by atoms with E-state index in [2.05, 4.69) is 0 Å². The summed E-state index contributed by atoms with van der Waals surface area (Å²) in [7, 11) is 1.38. The first-order valence-electron chi connectivity index (χ1n) is 5.32. The summed E-state index contributed by atoms with van der Waals surface area (Å²) >= 11 is 1.75. The molecule has 0 amide bonds. The van der Waals surface area contributed by atoms with Crippen LogP contribution in [0, 0.1) is 0 Å². The van der Waals surface area contributed by atoms with Gasteiger partial charge >= 0.3 is 5.97 Å². The lowest BCUT2D eigenvalue weighted by atomic mass is 9.88. The van der Waals surface area contributed by atoms with Gasteiger partial charge in [-0.15, -0.1) is 11.8 Å². The summed E-state index contributed by atoms with van der Waals surface area (Å²) in [5, 5.41) is 0. The SMILES string of the molecule is COC(=O)C1=C(C)C2=C(CC1)SCCC2=O. The Labute approximate surface area is 98.9 Å². The van der Waals surface area contributed by atoms with E-state index in [1.54, 1.807) is 11.8 Å². The van der Waals surface area contributed by atoms with Crippen LogP contribution in [-0.4, -0.2) is 24.6 Å². The molecule has 2 rings (SSSR count). The average Bonchev–Trinajstić information content (AvgIpc) is 2.28. The van der Waals surface area contributed by atoms with Gasteiger partial charge in [0.15, 0.2) is 5.78 Å². The molecule has 0 fully saturated rings. The fourth-order valence-electron chi connectivity index (χ4n) is 2.19. The van der Waals surface area contributed by atoms with Gasteiger partial charge in [-0.05, 0) is 30.2 Å². The van der Waals surface area contributed by atoms with Crippen molar-refractivity contribution in [1.82, 2.24) is 0 Å². The zero-order valence-corrected chi connectivity index (χ0v) is 10.3. The van der Waals surface area contributed by atoms with Crippen molar-refractivity contribution >= 4 is 23.5 Å². The van der Waals surface area contributed by atoms with Crippen molar-refractivity contribution in [3.05, 3.63) is 21.6 Å². The van der Waals surface area contributed by atoms with Gasteiger partial charge < -0.3 is 4.74 Å². The van der Waals surface area contributed by atoms with Crippen LogP contribution in [0.2, 0.25) is 0 Å². The van der Waals surface area contributed by atoms with Crippen LogP contribution in [-0.2, 0) is 14.3 Å². The van der Waals surface area contributed by atoms with E-state index in [4.69, 9.17) is 4.74 Å². The van der Waals surface area contributed by atoms with Gasteiger partial charge in [0.2, 0.25) is 0 Å². The molecular formula is C12H14O3S. The highest BCUT2D eigenvalue weighted by Crippen LogP contribution is 2.40. The number of hydrogen-bond acceptors (Lipinski definition) is 4. The summed E-state index contributed by atoms with van der Waals surface area (Å²) in [4.78, 5) is 24.5. The lowest BCUT2D eigenvalue weighted by molar-refractivity contribution is -0.136. The summed E-state index contributed by atoms with van der Waals surface area (Å²) < 4.78 is 4.74. The Morgan fingerprint density at radius 1 is 1.31 bits per heavy atom. The molecule has 3 nitrogen and oxygen atoms in total. The third-order valence-corrected chi connectivity index (χ3v) is 4.19. The lowest BCUT2D eigenvalue weighted by Crippen LogP contribution is -2.20. The van der Waals surface area contributed by atoms with Crippen molar-refractivity contribution in [2.75, 3.05) is 12.9 Å². The molecule has 86 valence electrons. The number of esters is 1. The Balaban J connectivity index is 2.44. The molecule has 0 N–H and O–H groups in total. The molecule has 0 spiro atoms. The summed E-state index contributed by atoms with van der Waals surface area (Å²) in [5.41, 5.74) is 2.27. The van der Waals surface area contributed by atoms with Gasteiger partial charge in [0.25, 0.3) is 0 Å². The zero-order valence-electron chi connectivity index (χ0n) is 9.46. The molecule has 0 aromatic rings. The number of carbonyl (C=O) groups is 2. The largest absolute Gasteiger partial charge is 0.466 e. The predicted molar refractivity (Wildman–Crippen MR) is 63.1 cm³/mol. The maximum Gasteiger partial charge on any atom is 0.334 e. The summed E-state index contributed by atoms with van der Waals surface area (Å²) in [6, 6.07) is 0. The molecule has 4 heteroatoms. The number of allylic oxidation sites excluding steroid dienone is 3. The highest BCUT2D eigenvalue weighted by molar-refractivity contribution is 8.03. The molecule has 0 aromatic heterocycles. The van der Waals surface area contributed by atoms with Crippen LogP contribution in [0.5, 0.6) is 0 Å². The van der Waals surface area contributed by atoms with E-state index in [1.165, 1.54) is 7.11 Å². The summed E-state index contributed by atoms with van der Waals surface area (Å²) in [6.45, 7) is 1.85. The third-order valence-electron chi connectivity index (χ3n) is 3.02. The van der Waals surface area contributed by atoms with Gasteiger partial charge in [-0.25, -0.2) is 4.79 Å². The van der Waals surface area contributed by atoms with Crippen molar-refractivity contribution in [2.45, 2.75) is 26.2 Å². The molecular weight excluding hydrogens is 224 g/mol. The topological polar surface area (TPSA) is 43.4 Å². The Bertz CT molecular complexity index is 418. The number of ketones is 1. The van der Waals surface area contributed by atoms with Crippen LogP contribution in [0.3, 0.4) is 0 Å². The fourth-order valence-corrected chi connectivity index (χ4v) is 3.38. The van der Waals surface area contributed by atoms with Crippen molar-refractivity contribution in [1.29, 1.82) is 0 Å². The third kappa shape index (κ3) is 1.82. The fraction of sp³-hybridized carbons (Fsp3) is 0.500. The zero-order chi connectivity index (χ0) is 11.7. The minimum atomic E-state index is -0.299. The first-order chi connectivity index (χ1) is 7.65. The van der Waals surface area contributed by atoms with E-state index in [0.29, 0.717) is 18.4 Å². The monoisotopic (exact) mass is 238 g/mol. The minimum absolute atomic E-state index is 0.173. The second-order valence-corrected chi connectivity index (χ2v) is 5.10. The van der Waals surface area contributed by atoms with Gasteiger partial charge in [-0.3, -0.25) is 4.79 Å². The smallest absolute Gasteiger partial charge is 0.334 e. The van der Waals surface area contributed by atoms with Crippen molar-refractivity contribution in [3.63, 3.8) is 0 Å². The molecule has 16 heavy (non-hydrogen) atoms. The minimum Gasteiger partial charge on any atom is -0.466 e. The van der Waals surface area contributed by atoms with Crippen LogP contribution in [0.15, 0.2) is 21.6 Å². The van der Waals surface area contributed by atoms with Gasteiger partial charge in [-0.1, -0.05) is 0 Å². The second kappa shape index (κ2) is 4.45. The maximum absolute atomic E-state index is 11.8. The van der Waals surface area contributed by atoms with E-state index in [1.807, 2.05) is 6.92 Å².